The summed E-state index contributed by atoms with van der Waals surface area (Å²) in [7, 11) is 0. The lowest BCUT2D eigenvalue weighted by molar-refractivity contribution is -0.136. The van der Waals surface area contributed by atoms with Crippen molar-refractivity contribution >= 4 is 28.6 Å². The normalized spacial score (nSPS) is 16.9. The Kier molecular flexibility index (Phi) is 2.91. The van der Waals surface area contributed by atoms with Gasteiger partial charge >= 0.3 is 11.9 Å². The first kappa shape index (κ1) is 12.9. The molecule has 6 nitrogen and oxygen atoms in total. The first-order valence-electron chi connectivity index (χ1n) is 6.03. The van der Waals surface area contributed by atoms with Crippen LogP contribution in [0.15, 0.2) is 48.0 Å². The Hall–Kier alpha value is -3.15. The molecule has 1 heterocycles. The van der Waals surface area contributed by atoms with Gasteiger partial charge in [0.05, 0.1) is 0 Å². The van der Waals surface area contributed by atoms with Crippen LogP contribution in [-0.4, -0.2) is 17.8 Å². The van der Waals surface area contributed by atoms with Crippen LogP contribution >= 0.6 is 0 Å². The van der Waals surface area contributed by atoms with Crippen molar-refractivity contribution in [1.29, 1.82) is 0 Å². The zero-order chi connectivity index (χ0) is 15.0. The van der Waals surface area contributed by atoms with Crippen LogP contribution in [0.3, 0.4) is 0 Å². The van der Waals surface area contributed by atoms with Crippen molar-refractivity contribution in [2.45, 2.75) is 0 Å². The minimum absolute atomic E-state index is 0.0818. The molecule has 0 saturated carbocycles. The zero-order valence-corrected chi connectivity index (χ0v) is 10.7. The Bertz CT molecular complexity index is 822. The molecule has 0 fully saturated rings. The van der Waals surface area contributed by atoms with E-state index in [-0.39, 0.29) is 11.5 Å². The third-order valence-electron chi connectivity index (χ3n) is 3.00. The molecule has 3 rings (SSSR count). The number of carbonyl (C=O) groups is 3. The maximum atomic E-state index is 12.0. The van der Waals surface area contributed by atoms with Gasteiger partial charge in [-0.15, -0.1) is 0 Å². The number of nitrogens with two attached hydrogens (primary N) is 1. The van der Waals surface area contributed by atoms with Gasteiger partial charge in [-0.25, -0.2) is 9.59 Å². The van der Waals surface area contributed by atoms with Crippen LogP contribution in [0.4, 0.5) is 0 Å². The van der Waals surface area contributed by atoms with Crippen LogP contribution in [-0.2, 0) is 14.4 Å². The molecule has 0 atom stereocenters. The quantitative estimate of drug-likeness (QED) is 0.480. The Labute approximate surface area is 118 Å². The minimum Gasteiger partial charge on any atom is -0.419 e. The fourth-order valence-corrected chi connectivity index (χ4v) is 2.04. The summed E-state index contributed by atoms with van der Waals surface area (Å²) in [5.41, 5.74) is 4.50. The number of carbonyl (C=O) groups excluding carboxylic acids is 3. The predicted molar refractivity (Wildman–Crippen MR) is 72.5 cm³/mol. The van der Waals surface area contributed by atoms with Crippen LogP contribution in [0.25, 0.3) is 10.8 Å². The van der Waals surface area contributed by atoms with Crippen LogP contribution in [0, 0.1) is 0 Å². The van der Waals surface area contributed by atoms with Crippen LogP contribution in [0.5, 0.6) is 11.5 Å². The van der Waals surface area contributed by atoms with Crippen molar-refractivity contribution in [3.05, 3.63) is 48.0 Å². The van der Waals surface area contributed by atoms with E-state index in [0.717, 1.165) is 11.5 Å². The SMILES string of the molecule is NC(=O)/C1=C/C(=O)Oc2ccc3ccccc3c2OC1=O. The Balaban J connectivity index is 2.21. The lowest BCUT2D eigenvalue weighted by atomic mass is 10.1. The van der Waals surface area contributed by atoms with Crippen LogP contribution in [0.2, 0.25) is 0 Å². The van der Waals surface area contributed by atoms with Crippen molar-refractivity contribution in [3.63, 3.8) is 0 Å². The first-order chi connectivity index (χ1) is 10.1. The summed E-state index contributed by atoms with van der Waals surface area (Å²) >= 11 is 0. The van der Waals surface area contributed by atoms with Crippen molar-refractivity contribution < 1.29 is 23.9 Å². The third-order valence-corrected chi connectivity index (χ3v) is 3.00. The second-order valence-electron chi connectivity index (χ2n) is 4.35. The summed E-state index contributed by atoms with van der Waals surface area (Å²) in [5, 5.41) is 1.38. The number of primary amides is 1. The largest absolute Gasteiger partial charge is 0.419 e. The second kappa shape index (κ2) is 4.75. The standard InChI is InChI=1S/C15H9NO5/c16-14(18)10-7-12(17)20-11-6-5-8-3-1-2-4-9(8)13(11)21-15(10)19/h1-7H,(H2,16,18)/b10-7-. The topological polar surface area (TPSA) is 95.7 Å². The fourth-order valence-electron chi connectivity index (χ4n) is 2.04. The molecular formula is C15H9NO5. The van der Waals surface area contributed by atoms with E-state index in [4.69, 9.17) is 15.2 Å². The predicted octanol–water partition coefficient (Wildman–Crippen LogP) is 1.08. The van der Waals surface area contributed by atoms with Gasteiger partial charge in [-0.3, -0.25) is 4.79 Å². The van der Waals surface area contributed by atoms with Gasteiger partial charge in [0.25, 0.3) is 5.91 Å². The number of hydrogen-bond donors (Lipinski definition) is 1. The van der Waals surface area contributed by atoms with Crippen molar-refractivity contribution in [2.24, 2.45) is 5.73 Å². The third kappa shape index (κ3) is 2.23. The summed E-state index contributed by atoms with van der Waals surface area (Å²) in [6.45, 7) is 0. The molecule has 0 unspecified atom stereocenters. The molecule has 2 aromatic carbocycles. The van der Waals surface area contributed by atoms with Crippen LogP contribution in [0.1, 0.15) is 0 Å². The summed E-state index contributed by atoms with van der Waals surface area (Å²) in [6.07, 6.45) is 0.725. The van der Waals surface area contributed by atoms with Gasteiger partial charge in [0.2, 0.25) is 0 Å². The Morgan fingerprint density at radius 3 is 2.52 bits per heavy atom. The van der Waals surface area contributed by atoms with E-state index < -0.39 is 23.4 Å². The average Bonchev–Trinajstić information content (AvgIpc) is 2.45. The van der Waals surface area contributed by atoms with Gasteiger partial charge in [0.1, 0.15) is 5.57 Å². The molecule has 0 aliphatic carbocycles. The van der Waals surface area contributed by atoms with Crippen LogP contribution < -0.4 is 15.2 Å². The maximum absolute atomic E-state index is 12.0. The number of fused-ring (bicyclic) bond motifs is 3. The lowest BCUT2D eigenvalue weighted by Gasteiger charge is -2.15. The minimum atomic E-state index is -1.05. The molecule has 2 N–H and O–H groups in total. The highest BCUT2D eigenvalue weighted by molar-refractivity contribution is 6.20. The van der Waals surface area contributed by atoms with E-state index in [0.29, 0.717) is 5.39 Å². The van der Waals surface area contributed by atoms with E-state index in [9.17, 15) is 14.4 Å². The number of ether oxygens (including phenoxy) is 2. The summed E-state index contributed by atoms with van der Waals surface area (Å²) in [4.78, 5) is 34.8. The van der Waals surface area contributed by atoms with Gasteiger partial charge in [-0.2, -0.15) is 0 Å². The number of rotatable bonds is 1. The van der Waals surface area contributed by atoms with Crippen molar-refractivity contribution in [3.8, 4) is 11.5 Å². The molecule has 104 valence electrons. The summed E-state index contributed by atoms with van der Waals surface area (Å²) in [5.74, 6) is -2.72. The Morgan fingerprint density at radius 2 is 1.76 bits per heavy atom. The molecule has 0 bridgehead atoms. The zero-order valence-electron chi connectivity index (χ0n) is 10.7. The molecule has 1 aliphatic heterocycles. The second-order valence-corrected chi connectivity index (χ2v) is 4.35. The van der Waals surface area contributed by atoms with E-state index in [1.807, 2.05) is 12.1 Å². The van der Waals surface area contributed by atoms with Gasteiger partial charge in [0.15, 0.2) is 11.5 Å². The molecule has 21 heavy (non-hydrogen) atoms. The van der Waals surface area contributed by atoms with Gasteiger partial charge in [-0.05, 0) is 11.5 Å². The highest BCUT2D eigenvalue weighted by Crippen LogP contribution is 2.37. The lowest BCUT2D eigenvalue weighted by Crippen LogP contribution is -2.27. The maximum Gasteiger partial charge on any atom is 0.349 e. The van der Waals surface area contributed by atoms with Crippen molar-refractivity contribution in [1.82, 2.24) is 0 Å². The molecule has 1 aliphatic rings. The van der Waals surface area contributed by atoms with Gasteiger partial charge in [0, 0.05) is 11.5 Å². The monoisotopic (exact) mass is 283 g/mol. The van der Waals surface area contributed by atoms with Gasteiger partial charge < -0.3 is 15.2 Å². The number of esters is 2. The fraction of sp³-hybridized carbons (Fsp3) is 0. The molecule has 6 heteroatoms. The Morgan fingerprint density at radius 1 is 1.00 bits per heavy atom. The van der Waals surface area contributed by atoms with Crippen molar-refractivity contribution in [2.75, 3.05) is 0 Å². The van der Waals surface area contributed by atoms with E-state index in [1.54, 1.807) is 18.2 Å². The molecule has 0 aromatic heterocycles. The first-order valence-corrected chi connectivity index (χ1v) is 6.03. The molecule has 2 aromatic rings. The van der Waals surface area contributed by atoms with Gasteiger partial charge in [-0.1, -0.05) is 30.3 Å². The highest BCUT2D eigenvalue weighted by Gasteiger charge is 2.26. The average molecular weight is 283 g/mol. The van der Waals surface area contributed by atoms with E-state index in [1.165, 1.54) is 6.07 Å². The smallest absolute Gasteiger partial charge is 0.349 e. The number of hydrogen-bond acceptors (Lipinski definition) is 5. The number of benzene rings is 2. The molecule has 0 spiro atoms. The van der Waals surface area contributed by atoms with E-state index >= 15 is 0 Å². The highest BCUT2D eigenvalue weighted by atomic mass is 16.6. The van der Waals surface area contributed by atoms with E-state index in [2.05, 4.69) is 0 Å². The number of amides is 1. The summed E-state index contributed by atoms with van der Waals surface area (Å²) < 4.78 is 10.3. The summed E-state index contributed by atoms with van der Waals surface area (Å²) in [6, 6.07) is 10.4. The molecule has 0 saturated heterocycles. The molecular weight excluding hydrogens is 274 g/mol. The molecule has 1 amide bonds. The molecule has 0 radical (unpaired) electrons.